The molecule has 0 aliphatic heterocycles. The number of halogens is 1. The highest BCUT2D eigenvalue weighted by molar-refractivity contribution is 7.22. The molecule has 0 bridgehead atoms. The fourth-order valence-corrected chi connectivity index (χ4v) is 3.00. The van der Waals surface area contributed by atoms with Crippen molar-refractivity contribution in [2.24, 2.45) is 0 Å². The molecule has 18 heavy (non-hydrogen) atoms. The molecular weight excluding hydrogens is 266 g/mol. The van der Waals surface area contributed by atoms with Crippen LogP contribution in [0.4, 0.5) is 0 Å². The third-order valence-corrected chi connectivity index (χ3v) is 4.14. The number of rotatable bonds is 4. The maximum absolute atomic E-state index is 5.74. The van der Waals surface area contributed by atoms with Crippen LogP contribution in [0, 0.1) is 0 Å². The second kappa shape index (κ2) is 5.12. The summed E-state index contributed by atoms with van der Waals surface area (Å²) >= 11 is 7.39. The quantitative estimate of drug-likeness (QED) is 0.645. The van der Waals surface area contributed by atoms with E-state index < -0.39 is 0 Å². The molecule has 92 valence electrons. The minimum Gasteiger partial charge on any atom is -0.440 e. The van der Waals surface area contributed by atoms with E-state index in [-0.39, 0.29) is 0 Å². The summed E-state index contributed by atoms with van der Waals surface area (Å²) in [5.41, 5.74) is 0. The van der Waals surface area contributed by atoms with Crippen molar-refractivity contribution >= 4 is 33.0 Å². The van der Waals surface area contributed by atoms with Gasteiger partial charge in [0.25, 0.3) is 0 Å². The molecule has 2 aromatic heterocycles. The molecular formula is C14H12ClNOS. The van der Waals surface area contributed by atoms with Crippen molar-refractivity contribution in [1.82, 2.24) is 4.98 Å². The van der Waals surface area contributed by atoms with Crippen LogP contribution in [-0.4, -0.2) is 10.9 Å². The van der Waals surface area contributed by atoms with Crippen molar-refractivity contribution in [3.63, 3.8) is 0 Å². The van der Waals surface area contributed by atoms with E-state index in [1.165, 1.54) is 10.1 Å². The smallest absolute Gasteiger partial charge is 0.194 e. The van der Waals surface area contributed by atoms with Gasteiger partial charge in [-0.05, 0) is 23.9 Å². The highest BCUT2D eigenvalue weighted by Crippen LogP contribution is 2.33. The average molecular weight is 278 g/mol. The molecule has 3 rings (SSSR count). The lowest BCUT2D eigenvalue weighted by molar-refractivity contribution is 0.504. The van der Waals surface area contributed by atoms with Gasteiger partial charge in [0, 0.05) is 17.0 Å². The topological polar surface area (TPSA) is 26.0 Å². The number of fused-ring (bicyclic) bond motifs is 1. The fourth-order valence-electron chi connectivity index (χ4n) is 1.86. The van der Waals surface area contributed by atoms with Gasteiger partial charge in [-0.2, -0.15) is 0 Å². The van der Waals surface area contributed by atoms with E-state index in [4.69, 9.17) is 16.0 Å². The largest absolute Gasteiger partial charge is 0.440 e. The lowest BCUT2D eigenvalue weighted by Crippen LogP contribution is -1.84. The third kappa shape index (κ3) is 2.28. The van der Waals surface area contributed by atoms with Gasteiger partial charge in [-0.15, -0.1) is 22.9 Å². The minimum absolute atomic E-state index is 0.639. The summed E-state index contributed by atoms with van der Waals surface area (Å²) in [7, 11) is 0. The Balaban J connectivity index is 1.91. The summed E-state index contributed by atoms with van der Waals surface area (Å²) in [6.07, 6.45) is 3.50. The molecule has 0 saturated carbocycles. The van der Waals surface area contributed by atoms with E-state index in [9.17, 15) is 0 Å². The fraction of sp³-hybridized carbons (Fsp3) is 0.214. The number of aromatic nitrogens is 1. The Labute approximate surface area is 114 Å². The number of oxazole rings is 1. The Bertz CT molecular complexity index is 625. The second-order valence-electron chi connectivity index (χ2n) is 4.06. The molecule has 0 N–H and O–H groups in total. The molecule has 0 unspecified atom stereocenters. The highest BCUT2D eigenvalue weighted by atomic mass is 35.5. The Morgan fingerprint density at radius 1 is 1.28 bits per heavy atom. The minimum atomic E-state index is 0.639. The Kier molecular flexibility index (Phi) is 3.35. The standard InChI is InChI=1S/C14H12ClNOS/c15-7-3-6-14-16-9-11(17-14)13-8-10-4-1-2-5-12(10)18-13/h1-2,4-5,8-9H,3,6-7H2. The van der Waals surface area contributed by atoms with Gasteiger partial charge in [0.05, 0.1) is 11.1 Å². The normalized spacial score (nSPS) is 11.2. The highest BCUT2D eigenvalue weighted by Gasteiger charge is 2.09. The molecule has 1 aromatic carbocycles. The van der Waals surface area contributed by atoms with Gasteiger partial charge >= 0.3 is 0 Å². The first-order valence-electron chi connectivity index (χ1n) is 5.86. The van der Waals surface area contributed by atoms with Crippen LogP contribution in [0.3, 0.4) is 0 Å². The summed E-state index contributed by atoms with van der Waals surface area (Å²) in [6.45, 7) is 0. The van der Waals surface area contributed by atoms with E-state index >= 15 is 0 Å². The van der Waals surface area contributed by atoms with E-state index in [0.29, 0.717) is 5.88 Å². The van der Waals surface area contributed by atoms with E-state index in [0.717, 1.165) is 29.4 Å². The summed E-state index contributed by atoms with van der Waals surface area (Å²) in [6, 6.07) is 10.5. The monoisotopic (exact) mass is 277 g/mol. The number of alkyl halides is 1. The summed E-state index contributed by atoms with van der Waals surface area (Å²) < 4.78 is 7.01. The molecule has 0 atom stereocenters. The van der Waals surface area contributed by atoms with E-state index in [1.807, 2.05) is 6.07 Å². The van der Waals surface area contributed by atoms with Gasteiger partial charge in [0.1, 0.15) is 0 Å². The number of thiophene rings is 1. The van der Waals surface area contributed by atoms with Crippen LogP contribution < -0.4 is 0 Å². The molecule has 2 heterocycles. The van der Waals surface area contributed by atoms with Gasteiger partial charge in [-0.3, -0.25) is 0 Å². The van der Waals surface area contributed by atoms with E-state index in [2.05, 4.69) is 29.2 Å². The van der Waals surface area contributed by atoms with Crippen LogP contribution >= 0.6 is 22.9 Å². The van der Waals surface area contributed by atoms with Crippen LogP contribution in [0.1, 0.15) is 12.3 Å². The maximum atomic E-state index is 5.74. The first-order valence-corrected chi connectivity index (χ1v) is 7.21. The van der Waals surface area contributed by atoms with Crippen molar-refractivity contribution in [3.8, 4) is 10.6 Å². The third-order valence-electron chi connectivity index (χ3n) is 2.75. The van der Waals surface area contributed by atoms with Crippen molar-refractivity contribution in [2.45, 2.75) is 12.8 Å². The SMILES string of the molecule is ClCCCc1ncc(-c2cc3ccccc3s2)o1. The van der Waals surface area contributed by atoms with Crippen molar-refractivity contribution in [1.29, 1.82) is 0 Å². The van der Waals surface area contributed by atoms with Crippen LogP contribution in [0.15, 0.2) is 40.9 Å². The molecule has 0 amide bonds. The number of hydrogen-bond donors (Lipinski definition) is 0. The molecule has 0 spiro atoms. The van der Waals surface area contributed by atoms with Crippen molar-refractivity contribution in [2.75, 3.05) is 5.88 Å². The predicted molar refractivity (Wildman–Crippen MR) is 76.4 cm³/mol. The van der Waals surface area contributed by atoms with Gasteiger partial charge < -0.3 is 4.42 Å². The molecule has 3 aromatic rings. The zero-order chi connectivity index (χ0) is 12.4. The maximum Gasteiger partial charge on any atom is 0.194 e. The lowest BCUT2D eigenvalue weighted by atomic mass is 10.2. The number of nitrogens with zero attached hydrogens (tertiary/aromatic N) is 1. The predicted octanol–water partition coefficient (Wildman–Crippen LogP) is 4.73. The number of hydrogen-bond acceptors (Lipinski definition) is 3. The molecule has 0 aliphatic carbocycles. The molecule has 0 aliphatic rings. The van der Waals surface area contributed by atoms with Gasteiger partial charge in [0.15, 0.2) is 11.7 Å². The van der Waals surface area contributed by atoms with Crippen LogP contribution in [-0.2, 0) is 6.42 Å². The summed E-state index contributed by atoms with van der Waals surface area (Å²) in [5.74, 6) is 2.25. The molecule has 2 nitrogen and oxygen atoms in total. The zero-order valence-electron chi connectivity index (χ0n) is 9.73. The first kappa shape index (κ1) is 11.8. The number of aryl methyl sites for hydroxylation is 1. The van der Waals surface area contributed by atoms with Crippen LogP contribution in [0.2, 0.25) is 0 Å². The molecule has 0 saturated heterocycles. The Morgan fingerprint density at radius 2 is 2.17 bits per heavy atom. The van der Waals surface area contributed by atoms with Gasteiger partial charge in [-0.25, -0.2) is 4.98 Å². The Morgan fingerprint density at radius 3 is 3.00 bits per heavy atom. The molecule has 0 fully saturated rings. The summed E-state index contributed by atoms with van der Waals surface area (Å²) in [4.78, 5) is 5.41. The van der Waals surface area contributed by atoms with Crippen LogP contribution in [0.5, 0.6) is 0 Å². The van der Waals surface area contributed by atoms with Gasteiger partial charge in [-0.1, -0.05) is 18.2 Å². The van der Waals surface area contributed by atoms with Crippen molar-refractivity contribution < 1.29 is 4.42 Å². The zero-order valence-corrected chi connectivity index (χ0v) is 11.3. The van der Waals surface area contributed by atoms with Crippen molar-refractivity contribution in [3.05, 3.63) is 42.4 Å². The molecule has 4 heteroatoms. The number of benzene rings is 1. The summed E-state index contributed by atoms with van der Waals surface area (Å²) in [5, 5.41) is 1.25. The lowest BCUT2D eigenvalue weighted by Gasteiger charge is -1.91. The Hall–Kier alpha value is -1.32. The average Bonchev–Trinajstić information content (AvgIpc) is 3.02. The molecule has 0 radical (unpaired) electrons. The second-order valence-corrected chi connectivity index (χ2v) is 5.52. The van der Waals surface area contributed by atoms with Crippen LogP contribution in [0.25, 0.3) is 20.7 Å². The first-order chi connectivity index (χ1) is 8.86. The van der Waals surface area contributed by atoms with E-state index in [1.54, 1.807) is 17.5 Å². The van der Waals surface area contributed by atoms with Gasteiger partial charge in [0.2, 0.25) is 0 Å².